The van der Waals surface area contributed by atoms with Gasteiger partial charge < -0.3 is 4.74 Å². The van der Waals surface area contributed by atoms with Gasteiger partial charge in [-0.05, 0) is 25.0 Å². The summed E-state index contributed by atoms with van der Waals surface area (Å²) in [5.41, 5.74) is 3.75. The number of ether oxygens (including phenoxy) is 1. The quantitative estimate of drug-likeness (QED) is 0.640. The van der Waals surface area contributed by atoms with Gasteiger partial charge in [-0.2, -0.15) is 5.10 Å². The van der Waals surface area contributed by atoms with Gasteiger partial charge in [0.25, 0.3) is 0 Å². The highest BCUT2D eigenvalue weighted by Gasteiger charge is 2.41. The topological polar surface area (TPSA) is 44.1 Å². The summed E-state index contributed by atoms with van der Waals surface area (Å²) in [6, 6.07) is 16.7. The van der Waals surface area contributed by atoms with E-state index in [2.05, 4.69) is 0 Å². The van der Waals surface area contributed by atoms with E-state index >= 15 is 0 Å². The van der Waals surface area contributed by atoms with Crippen molar-refractivity contribution in [3.8, 4) is 5.88 Å². The van der Waals surface area contributed by atoms with Gasteiger partial charge in [0.2, 0.25) is 5.88 Å². The zero-order chi connectivity index (χ0) is 20.0. The van der Waals surface area contributed by atoms with Crippen LogP contribution in [-0.2, 0) is 11.3 Å². The molecule has 4 nitrogen and oxygen atoms in total. The Balaban J connectivity index is 1.69. The van der Waals surface area contributed by atoms with Crippen LogP contribution in [0.3, 0.4) is 0 Å². The van der Waals surface area contributed by atoms with E-state index in [4.69, 9.17) is 9.84 Å². The predicted molar refractivity (Wildman–Crippen MR) is 107 cm³/mol. The first-order valence-electron chi connectivity index (χ1n) is 9.93. The van der Waals surface area contributed by atoms with Gasteiger partial charge in [-0.15, -0.1) is 0 Å². The maximum atomic E-state index is 14.8. The van der Waals surface area contributed by atoms with Crippen molar-refractivity contribution in [3.05, 3.63) is 94.1 Å². The lowest BCUT2D eigenvalue weighted by Gasteiger charge is -2.31. The van der Waals surface area contributed by atoms with Crippen molar-refractivity contribution in [1.29, 1.82) is 0 Å². The number of allylic oxidation sites excluding steroid dienone is 2. The number of carbonyl (C=O) groups excluding carboxylic acids is 1. The summed E-state index contributed by atoms with van der Waals surface area (Å²) in [7, 11) is 0. The lowest BCUT2D eigenvalue weighted by molar-refractivity contribution is -0.116. The van der Waals surface area contributed by atoms with Crippen LogP contribution in [0, 0.1) is 12.7 Å². The van der Waals surface area contributed by atoms with Crippen molar-refractivity contribution >= 4 is 5.78 Å². The highest BCUT2D eigenvalue weighted by atomic mass is 19.1. The van der Waals surface area contributed by atoms with Crippen LogP contribution in [0.2, 0.25) is 0 Å². The minimum Gasteiger partial charge on any atom is -0.443 e. The highest BCUT2D eigenvalue weighted by molar-refractivity contribution is 5.99. The average Bonchev–Trinajstić information content (AvgIpc) is 3.03. The lowest BCUT2D eigenvalue weighted by Crippen LogP contribution is -2.26. The van der Waals surface area contributed by atoms with Crippen LogP contribution < -0.4 is 4.74 Å². The van der Waals surface area contributed by atoms with Gasteiger partial charge in [-0.3, -0.25) is 4.79 Å². The number of aryl methyl sites for hydroxylation is 1. The minimum absolute atomic E-state index is 0.0420. The van der Waals surface area contributed by atoms with E-state index in [1.54, 1.807) is 12.1 Å². The number of Topliss-reactive ketones (excluding diaryl/α,β-unsaturated/α-hetero) is 1. The third-order valence-corrected chi connectivity index (χ3v) is 5.72. The second-order valence-electron chi connectivity index (χ2n) is 7.62. The number of nitrogens with zero attached hydrogens (tertiary/aromatic N) is 2. The number of fused-ring (bicyclic) bond motifs is 1. The molecule has 1 aliphatic carbocycles. The van der Waals surface area contributed by atoms with E-state index in [1.807, 2.05) is 48.0 Å². The Morgan fingerprint density at radius 3 is 2.66 bits per heavy atom. The Morgan fingerprint density at radius 1 is 1.10 bits per heavy atom. The second-order valence-corrected chi connectivity index (χ2v) is 7.62. The van der Waals surface area contributed by atoms with Crippen molar-refractivity contribution in [2.75, 3.05) is 0 Å². The molecule has 0 spiro atoms. The number of carbonyl (C=O) groups is 1. The number of hydrogen-bond donors (Lipinski definition) is 0. The minimum atomic E-state index is -0.479. The van der Waals surface area contributed by atoms with E-state index in [1.165, 1.54) is 6.07 Å². The predicted octanol–water partition coefficient (Wildman–Crippen LogP) is 4.91. The van der Waals surface area contributed by atoms with Crippen LogP contribution >= 0.6 is 0 Å². The zero-order valence-electron chi connectivity index (χ0n) is 16.2. The summed E-state index contributed by atoms with van der Waals surface area (Å²) < 4.78 is 22.9. The molecule has 0 saturated heterocycles. The van der Waals surface area contributed by atoms with E-state index in [0.717, 1.165) is 23.2 Å². The Bertz CT molecular complexity index is 1130. The molecule has 146 valence electrons. The van der Waals surface area contributed by atoms with E-state index in [0.29, 0.717) is 42.2 Å². The van der Waals surface area contributed by atoms with Crippen LogP contribution in [0.15, 0.2) is 65.9 Å². The summed E-state index contributed by atoms with van der Waals surface area (Å²) in [6.45, 7) is 2.45. The Hall–Kier alpha value is -3.21. The number of hydrogen-bond acceptors (Lipinski definition) is 3. The molecule has 1 unspecified atom stereocenters. The maximum Gasteiger partial charge on any atom is 0.222 e. The van der Waals surface area contributed by atoms with Crippen LogP contribution in [0.4, 0.5) is 4.39 Å². The van der Waals surface area contributed by atoms with Gasteiger partial charge in [0, 0.05) is 29.5 Å². The summed E-state index contributed by atoms with van der Waals surface area (Å²) in [4.78, 5) is 12.9. The van der Waals surface area contributed by atoms with Crippen molar-refractivity contribution in [2.45, 2.75) is 38.6 Å². The second kappa shape index (κ2) is 6.99. The fourth-order valence-electron chi connectivity index (χ4n) is 4.42. The molecule has 0 bridgehead atoms. The summed E-state index contributed by atoms with van der Waals surface area (Å²) in [6.07, 6.45) is 1.91. The van der Waals surface area contributed by atoms with Crippen LogP contribution in [0.1, 0.15) is 47.6 Å². The van der Waals surface area contributed by atoms with Crippen molar-refractivity contribution < 1.29 is 13.9 Å². The van der Waals surface area contributed by atoms with Crippen LogP contribution in [0.5, 0.6) is 5.88 Å². The van der Waals surface area contributed by atoms with Gasteiger partial charge in [-0.1, -0.05) is 48.5 Å². The molecule has 0 radical (unpaired) electrons. The number of ketones is 1. The third-order valence-electron chi connectivity index (χ3n) is 5.72. The molecule has 0 amide bonds. The Labute approximate surface area is 168 Å². The fraction of sp³-hybridized carbons (Fsp3) is 0.250. The molecule has 0 saturated carbocycles. The summed E-state index contributed by atoms with van der Waals surface area (Å²) >= 11 is 0. The Morgan fingerprint density at radius 2 is 1.86 bits per heavy atom. The molecule has 1 aliphatic heterocycles. The van der Waals surface area contributed by atoms with Crippen LogP contribution in [0.25, 0.3) is 0 Å². The van der Waals surface area contributed by atoms with Crippen molar-refractivity contribution in [1.82, 2.24) is 9.78 Å². The molecule has 2 aliphatic rings. The highest BCUT2D eigenvalue weighted by Crippen LogP contribution is 2.48. The number of benzene rings is 2. The monoisotopic (exact) mass is 388 g/mol. The van der Waals surface area contributed by atoms with E-state index < -0.39 is 5.92 Å². The fourth-order valence-corrected chi connectivity index (χ4v) is 4.42. The van der Waals surface area contributed by atoms with Gasteiger partial charge in [0.1, 0.15) is 11.6 Å². The molecule has 2 aromatic carbocycles. The normalized spacial score (nSPS) is 18.3. The van der Waals surface area contributed by atoms with Crippen molar-refractivity contribution in [3.63, 3.8) is 0 Å². The number of rotatable bonds is 3. The summed E-state index contributed by atoms with van der Waals surface area (Å²) in [5.74, 6) is 0.530. The maximum absolute atomic E-state index is 14.8. The number of aromatic nitrogens is 2. The molecule has 5 rings (SSSR count). The zero-order valence-corrected chi connectivity index (χ0v) is 16.2. The molecule has 29 heavy (non-hydrogen) atoms. The first-order valence-corrected chi connectivity index (χ1v) is 9.93. The number of halogens is 1. The molecule has 0 N–H and O–H groups in total. The molecule has 0 fully saturated rings. The lowest BCUT2D eigenvalue weighted by atomic mass is 9.77. The van der Waals surface area contributed by atoms with Gasteiger partial charge in [0.05, 0.1) is 18.2 Å². The first kappa shape index (κ1) is 17.9. The smallest absolute Gasteiger partial charge is 0.222 e. The van der Waals surface area contributed by atoms with E-state index in [9.17, 15) is 9.18 Å². The SMILES string of the molecule is Cc1nn(Cc2ccccc2)c2c1C(c1ccccc1F)C1=C(CCCC1=O)O2. The average molecular weight is 388 g/mol. The molecular formula is C24H21FN2O2. The van der Waals surface area contributed by atoms with Crippen LogP contribution in [-0.4, -0.2) is 15.6 Å². The molecule has 1 atom stereocenters. The largest absolute Gasteiger partial charge is 0.443 e. The standard InChI is InChI=1S/C24H21FN2O2/c1-15-21-22(17-10-5-6-11-18(17)25)23-19(28)12-7-13-20(23)29-24(21)27(26-15)14-16-8-3-2-4-9-16/h2-6,8-11,22H,7,12-14H2,1H3. The van der Waals surface area contributed by atoms with Gasteiger partial charge in [0.15, 0.2) is 5.78 Å². The third kappa shape index (κ3) is 2.97. The molecule has 2 heterocycles. The molecular weight excluding hydrogens is 367 g/mol. The first-order chi connectivity index (χ1) is 14.1. The summed E-state index contributed by atoms with van der Waals surface area (Å²) in [5, 5.41) is 4.71. The molecule has 3 aromatic rings. The van der Waals surface area contributed by atoms with Gasteiger partial charge in [-0.25, -0.2) is 9.07 Å². The Kier molecular flexibility index (Phi) is 4.31. The molecule has 5 heteroatoms. The molecule has 1 aromatic heterocycles. The van der Waals surface area contributed by atoms with Gasteiger partial charge >= 0.3 is 0 Å². The van der Waals surface area contributed by atoms with E-state index in [-0.39, 0.29) is 11.6 Å². The van der Waals surface area contributed by atoms with Crippen molar-refractivity contribution in [2.24, 2.45) is 0 Å².